The Hall–Kier alpha value is -0.670. The molecule has 1 unspecified atom stereocenters. The second-order valence-electron chi connectivity index (χ2n) is 3.59. The number of pyridine rings is 1. The molecule has 1 atom stereocenters. The second-order valence-corrected chi connectivity index (χ2v) is 4.94. The highest BCUT2D eigenvalue weighted by Gasteiger charge is 2.04. The van der Waals surface area contributed by atoms with Gasteiger partial charge in [0, 0.05) is 24.0 Å². The van der Waals surface area contributed by atoms with Gasteiger partial charge in [-0.1, -0.05) is 13.0 Å². The molecule has 4 heteroatoms. The summed E-state index contributed by atoms with van der Waals surface area (Å²) in [6.45, 7) is 2.16. The Morgan fingerprint density at radius 3 is 3.20 bits per heavy atom. The molecule has 0 radical (unpaired) electrons. The van der Waals surface area contributed by atoms with Crippen LogP contribution in [0.25, 0.3) is 5.65 Å². The van der Waals surface area contributed by atoms with Gasteiger partial charge < -0.3 is 0 Å². The number of nitrogens with zero attached hydrogens (tertiary/aromatic N) is 2. The van der Waals surface area contributed by atoms with Gasteiger partial charge in [0.1, 0.15) is 5.65 Å². The smallest absolute Gasteiger partial charge is 0.137 e. The van der Waals surface area contributed by atoms with E-state index in [2.05, 4.69) is 22.4 Å². The van der Waals surface area contributed by atoms with Gasteiger partial charge in [0.05, 0.1) is 5.03 Å². The highest BCUT2D eigenvalue weighted by molar-refractivity contribution is 7.99. The van der Waals surface area contributed by atoms with Gasteiger partial charge in [-0.25, -0.2) is 4.98 Å². The summed E-state index contributed by atoms with van der Waals surface area (Å²) in [5.41, 5.74) is 0.999. The lowest BCUT2D eigenvalue weighted by molar-refractivity contribution is 0.757. The summed E-state index contributed by atoms with van der Waals surface area (Å²) < 4.78 is 2.10. The molecule has 2 nitrogen and oxygen atoms in total. The van der Waals surface area contributed by atoms with Crippen LogP contribution in [-0.4, -0.2) is 21.0 Å². The normalized spacial score (nSPS) is 13.2. The molecule has 0 aromatic carbocycles. The fraction of sp³-hybridized carbons (Fsp3) is 0.364. The second kappa shape index (κ2) is 4.90. The van der Waals surface area contributed by atoms with Crippen LogP contribution in [0.5, 0.6) is 0 Å². The molecule has 2 rings (SSSR count). The molecule has 0 aliphatic carbocycles. The van der Waals surface area contributed by atoms with Crippen molar-refractivity contribution in [3.8, 4) is 0 Å². The molecule has 0 bridgehead atoms. The Morgan fingerprint density at radius 2 is 2.40 bits per heavy atom. The van der Waals surface area contributed by atoms with Crippen LogP contribution < -0.4 is 0 Å². The molecule has 0 saturated heterocycles. The first kappa shape index (κ1) is 10.8. The van der Waals surface area contributed by atoms with Crippen molar-refractivity contribution in [3.63, 3.8) is 0 Å². The van der Waals surface area contributed by atoms with E-state index in [0.717, 1.165) is 11.4 Å². The molecule has 0 saturated carbocycles. The van der Waals surface area contributed by atoms with E-state index < -0.39 is 0 Å². The Kier molecular flexibility index (Phi) is 3.54. The van der Waals surface area contributed by atoms with Gasteiger partial charge in [0.2, 0.25) is 0 Å². The van der Waals surface area contributed by atoms with Gasteiger partial charge >= 0.3 is 0 Å². The molecular formula is C11H13ClN2S. The lowest BCUT2D eigenvalue weighted by Gasteiger charge is -2.08. The fourth-order valence-corrected chi connectivity index (χ4v) is 2.59. The van der Waals surface area contributed by atoms with Crippen LogP contribution in [0.15, 0.2) is 35.6 Å². The summed E-state index contributed by atoms with van der Waals surface area (Å²) in [5.74, 6) is 2.30. The van der Waals surface area contributed by atoms with Gasteiger partial charge in [-0.05, 0) is 18.1 Å². The Labute approximate surface area is 98.7 Å². The maximum atomic E-state index is 5.78. The minimum Gasteiger partial charge on any atom is -0.294 e. The summed E-state index contributed by atoms with van der Waals surface area (Å²) in [6, 6.07) is 6.16. The van der Waals surface area contributed by atoms with Crippen molar-refractivity contribution in [1.29, 1.82) is 0 Å². The molecule has 0 spiro atoms. The maximum Gasteiger partial charge on any atom is 0.137 e. The van der Waals surface area contributed by atoms with Crippen molar-refractivity contribution in [3.05, 3.63) is 30.6 Å². The van der Waals surface area contributed by atoms with Crippen LogP contribution in [0.3, 0.4) is 0 Å². The predicted octanol–water partition coefficient (Wildman–Crippen LogP) is 3.30. The zero-order valence-corrected chi connectivity index (χ0v) is 10.1. The Balaban J connectivity index is 2.17. The summed E-state index contributed by atoms with van der Waals surface area (Å²) >= 11 is 7.61. The fourth-order valence-electron chi connectivity index (χ4n) is 1.31. The van der Waals surface area contributed by atoms with E-state index >= 15 is 0 Å². The Morgan fingerprint density at radius 1 is 1.53 bits per heavy atom. The maximum absolute atomic E-state index is 5.78. The number of alkyl halides is 1. The molecule has 0 fully saturated rings. The van der Waals surface area contributed by atoms with Crippen molar-refractivity contribution in [2.24, 2.45) is 5.92 Å². The SMILES string of the molecule is CC(CCl)CSc1cccc2nccn12. The van der Waals surface area contributed by atoms with Crippen LogP contribution in [-0.2, 0) is 0 Å². The van der Waals surface area contributed by atoms with Gasteiger partial charge in [0.15, 0.2) is 0 Å². The van der Waals surface area contributed by atoms with E-state index in [4.69, 9.17) is 11.6 Å². The minimum atomic E-state index is 0.537. The molecule has 2 heterocycles. The number of hydrogen-bond donors (Lipinski definition) is 0. The van der Waals surface area contributed by atoms with Crippen molar-refractivity contribution in [1.82, 2.24) is 9.38 Å². The third-order valence-electron chi connectivity index (χ3n) is 2.17. The molecule has 0 amide bonds. The summed E-state index contributed by atoms with van der Waals surface area (Å²) in [4.78, 5) is 4.25. The number of thioether (sulfide) groups is 1. The van der Waals surface area contributed by atoms with Gasteiger partial charge in [0.25, 0.3) is 0 Å². The van der Waals surface area contributed by atoms with Crippen LogP contribution in [0.4, 0.5) is 0 Å². The molecule has 0 N–H and O–H groups in total. The van der Waals surface area contributed by atoms with E-state index in [0.29, 0.717) is 11.8 Å². The number of hydrogen-bond acceptors (Lipinski definition) is 2. The van der Waals surface area contributed by atoms with E-state index in [1.807, 2.05) is 36.3 Å². The number of fused-ring (bicyclic) bond motifs is 1. The average molecular weight is 241 g/mol. The molecule has 2 aromatic heterocycles. The summed E-state index contributed by atoms with van der Waals surface area (Å²) in [7, 11) is 0. The van der Waals surface area contributed by atoms with Crippen LogP contribution in [0, 0.1) is 5.92 Å². The number of imidazole rings is 1. The predicted molar refractivity (Wildman–Crippen MR) is 65.8 cm³/mol. The Bertz CT molecular complexity index is 441. The van der Waals surface area contributed by atoms with Crippen LogP contribution in [0.2, 0.25) is 0 Å². The largest absolute Gasteiger partial charge is 0.294 e. The number of rotatable bonds is 4. The molecule has 0 aliphatic heterocycles. The number of aromatic nitrogens is 2. The summed E-state index contributed by atoms with van der Waals surface area (Å²) in [5, 5.41) is 1.22. The number of halogens is 1. The standard InChI is InChI=1S/C11H13ClN2S/c1-9(7-12)8-15-11-4-2-3-10-13-5-6-14(10)11/h2-6,9H,7-8H2,1H3. The molecule has 15 heavy (non-hydrogen) atoms. The van der Waals surface area contributed by atoms with Crippen molar-refractivity contribution >= 4 is 29.0 Å². The van der Waals surface area contributed by atoms with Crippen LogP contribution in [0.1, 0.15) is 6.92 Å². The molecule has 2 aromatic rings. The van der Waals surface area contributed by atoms with Crippen LogP contribution >= 0.6 is 23.4 Å². The van der Waals surface area contributed by atoms with Crippen molar-refractivity contribution in [2.75, 3.05) is 11.6 Å². The third kappa shape index (κ3) is 2.47. The lowest BCUT2D eigenvalue weighted by Crippen LogP contribution is -2.00. The van der Waals surface area contributed by atoms with Crippen molar-refractivity contribution < 1.29 is 0 Å². The first-order chi connectivity index (χ1) is 7.31. The van der Waals surface area contributed by atoms with E-state index in [9.17, 15) is 0 Å². The lowest BCUT2D eigenvalue weighted by atomic mass is 10.3. The third-order valence-corrected chi connectivity index (χ3v) is 4.06. The topological polar surface area (TPSA) is 17.3 Å². The highest BCUT2D eigenvalue weighted by atomic mass is 35.5. The van der Waals surface area contributed by atoms with E-state index in [1.165, 1.54) is 5.03 Å². The van der Waals surface area contributed by atoms with Gasteiger partial charge in [-0.15, -0.1) is 23.4 Å². The molecular weight excluding hydrogens is 228 g/mol. The molecule has 0 aliphatic rings. The van der Waals surface area contributed by atoms with Gasteiger partial charge in [-0.3, -0.25) is 4.40 Å². The van der Waals surface area contributed by atoms with E-state index in [1.54, 1.807) is 0 Å². The highest BCUT2D eigenvalue weighted by Crippen LogP contribution is 2.21. The minimum absolute atomic E-state index is 0.537. The molecule has 80 valence electrons. The first-order valence-electron chi connectivity index (χ1n) is 4.92. The van der Waals surface area contributed by atoms with Gasteiger partial charge in [-0.2, -0.15) is 0 Å². The quantitative estimate of drug-likeness (QED) is 0.603. The summed E-state index contributed by atoms with van der Waals surface area (Å²) in [6.07, 6.45) is 3.81. The monoisotopic (exact) mass is 240 g/mol. The average Bonchev–Trinajstić information content (AvgIpc) is 2.74. The first-order valence-corrected chi connectivity index (χ1v) is 6.44. The zero-order valence-electron chi connectivity index (χ0n) is 8.56. The van der Waals surface area contributed by atoms with E-state index in [-0.39, 0.29) is 0 Å². The zero-order chi connectivity index (χ0) is 10.7. The van der Waals surface area contributed by atoms with Crippen molar-refractivity contribution in [2.45, 2.75) is 11.9 Å².